The van der Waals surface area contributed by atoms with Crippen LogP contribution in [0.4, 0.5) is 0 Å². The van der Waals surface area contributed by atoms with Gasteiger partial charge in [-0.25, -0.2) is 9.97 Å². The van der Waals surface area contributed by atoms with Gasteiger partial charge in [0.25, 0.3) is 0 Å². The van der Waals surface area contributed by atoms with Crippen molar-refractivity contribution in [3.8, 4) is 5.75 Å². The average Bonchev–Trinajstić information content (AvgIpc) is 2.37. The van der Waals surface area contributed by atoms with Crippen molar-refractivity contribution in [1.29, 1.82) is 0 Å². The molecule has 0 aliphatic carbocycles. The molecule has 0 amide bonds. The van der Waals surface area contributed by atoms with E-state index in [4.69, 9.17) is 9.84 Å². The molecule has 1 heterocycles. The Bertz CT molecular complexity index is 486. The molecule has 4 heteroatoms. The van der Waals surface area contributed by atoms with Crippen LogP contribution in [0, 0.1) is 6.92 Å². The Kier molecular flexibility index (Phi) is 3.67. The lowest BCUT2D eigenvalue weighted by atomic mass is 10.3. The van der Waals surface area contributed by atoms with Crippen molar-refractivity contribution in [3.63, 3.8) is 0 Å². The Labute approximate surface area is 99.9 Å². The van der Waals surface area contributed by atoms with Crippen molar-refractivity contribution in [2.24, 2.45) is 0 Å². The number of para-hydroxylation sites is 1. The lowest BCUT2D eigenvalue weighted by Crippen LogP contribution is -2.05. The molecule has 0 aliphatic rings. The van der Waals surface area contributed by atoms with E-state index in [0.29, 0.717) is 18.1 Å². The number of rotatable bonds is 4. The fourth-order valence-electron chi connectivity index (χ4n) is 1.51. The summed E-state index contributed by atoms with van der Waals surface area (Å²) in [5.41, 5.74) is 1.44. The maximum absolute atomic E-state index is 9.04. The molecule has 0 fully saturated rings. The first-order valence-electron chi connectivity index (χ1n) is 5.40. The maximum Gasteiger partial charge on any atom is 0.166 e. The van der Waals surface area contributed by atoms with Crippen molar-refractivity contribution in [1.82, 2.24) is 9.97 Å². The number of hydrogen-bond donors (Lipinski definition) is 1. The van der Waals surface area contributed by atoms with E-state index in [1.807, 2.05) is 37.3 Å². The third-order valence-electron chi connectivity index (χ3n) is 2.23. The molecule has 0 bridgehead atoms. The minimum atomic E-state index is -0.0816. The molecule has 1 N–H and O–H groups in total. The molecule has 88 valence electrons. The highest BCUT2D eigenvalue weighted by Gasteiger charge is 2.02. The Balaban J connectivity index is 2.06. The minimum Gasteiger partial charge on any atom is -0.486 e. The third kappa shape index (κ3) is 3.26. The van der Waals surface area contributed by atoms with Gasteiger partial charge in [0.05, 0.1) is 12.3 Å². The van der Waals surface area contributed by atoms with Gasteiger partial charge in [0.2, 0.25) is 0 Å². The maximum atomic E-state index is 9.04. The molecule has 17 heavy (non-hydrogen) atoms. The van der Waals surface area contributed by atoms with Gasteiger partial charge in [-0.2, -0.15) is 0 Å². The predicted molar refractivity (Wildman–Crippen MR) is 63.5 cm³/mol. The molecule has 2 rings (SSSR count). The van der Waals surface area contributed by atoms with Gasteiger partial charge in [-0.05, 0) is 25.1 Å². The number of aliphatic hydroxyl groups excluding tert-OH is 1. The van der Waals surface area contributed by atoms with Crippen LogP contribution in [-0.2, 0) is 13.2 Å². The summed E-state index contributed by atoms with van der Waals surface area (Å²) in [5.74, 6) is 1.36. The van der Waals surface area contributed by atoms with Crippen molar-refractivity contribution >= 4 is 0 Å². The van der Waals surface area contributed by atoms with Crippen molar-refractivity contribution in [2.75, 3.05) is 0 Å². The summed E-state index contributed by atoms with van der Waals surface area (Å²) in [7, 11) is 0. The van der Waals surface area contributed by atoms with E-state index in [-0.39, 0.29) is 6.61 Å². The highest BCUT2D eigenvalue weighted by Crippen LogP contribution is 2.10. The first-order chi connectivity index (χ1) is 8.28. The number of benzene rings is 1. The van der Waals surface area contributed by atoms with Crippen molar-refractivity contribution < 1.29 is 9.84 Å². The summed E-state index contributed by atoms with van der Waals surface area (Å²) < 4.78 is 5.54. The van der Waals surface area contributed by atoms with Gasteiger partial charge >= 0.3 is 0 Å². The summed E-state index contributed by atoms with van der Waals surface area (Å²) in [4.78, 5) is 8.43. The van der Waals surface area contributed by atoms with E-state index in [9.17, 15) is 0 Å². The highest BCUT2D eigenvalue weighted by atomic mass is 16.5. The number of nitrogens with zero attached hydrogens (tertiary/aromatic N) is 2. The van der Waals surface area contributed by atoms with Crippen molar-refractivity contribution in [2.45, 2.75) is 20.1 Å². The van der Waals surface area contributed by atoms with E-state index in [0.717, 1.165) is 11.4 Å². The zero-order chi connectivity index (χ0) is 12.1. The monoisotopic (exact) mass is 230 g/mol. The SMILES string of the molecule is Cc1cc(CO)nc(COc2ccccc2)n1. The van der Waals surface area contributed by atoms with E-state index >= 15 is 0 Å². The molecule has 0 unspecified atom stereocenters. The molecule has 0 saturated carbocycles. The second-order valence-corrected chi connectivity index (χ2v) is 3.68. The first kappa shape index (κ1) is 11.5. The second-order valence-electron chi connectivity index (χ2n) is 3.68. The number of hydrogen-bond acceptors (Lipinski definition) is 4. The van der Waals surface area contributed by atoms with Gasteiger partial charge in [-0.1, -0.05) is 18.2 Å². The molecule has 1 aromatic heterocycles. The lowest BCUT2D eigenvalue weighted by Gasteiger charge is -2.06. The molecule has 2 aromatic rings. The largest absolute Gasteiger partial charge is 0.486 e. The van der Waals surface area contributed by atoms with E-state index in [2.05, 4.69) is 9.97 Å². The molecule has 0 spiro atoms. The highest BCUT2D eigenvalue weighted by molar-refractivity contribution is 5.21. The normalized spacial score (nSPS) is 10.2. The van der Waals surface area contributed by atoms with Crippen LogP contribution in [0.15, 0.2) is 36.4 Å². The summed E-state index contributed by atoms with van der Waals surface area (Å²) in [5, 5.41) is 9.04. The molecule has 1 aromatic carbocycles. The Morgan fingerprint density at radius 1 is 1.18 bits per heavy atom. The summed E-state index contributed by atoms with van der Waals surface area (Å²) in [6.45, 7) is 2.09. The predicted octanol–water partition coefficient (Wildman–Crippen LogP) is 1.86. The van der Waals surface area contributed by atoms with Crippen LogP contribution in [0.2, 0.25) is 0 Å². The molecule has 0 saturated heterocycles. The van der Waals surface area contributed by atoms with Crippen LogP contribution < -0.4 is 4.74 Å². The third-order valence-corrected chi connectivity index (χ3v) is 2.23. The van der Waals surface area contributed by atoms with Crippen LogP contribution in [-0.4, -0.2) is 15.1 Å². The fourth-order valence-corrected chi connectivity index (χ4v) is 1.51. The van der Waals surface area contributed by atoms with Gasteiger partial charge in [0, 0.05) is 5.69 Å². The fraction of sp³-hybridized carbons (Fsp3) is 0.231. The summed E-state index contributed by atoms with van der Waals surface area (Å²) in [6.07, 6.45) is 0. The van der Waals surface area contributed by atoms with Gasteiger partial charge in [0.15, 0.2) is 5.82 Å². The Hall–Kier alpha value is -1.94. The molecule has 0 aliphatic heterocycles. The Morgan fingerprint density at radius 3 is 2.65 bits per heavy atom. The topological polar surface area (TPSA) is 55.2 Å². The number of ether oxygens (including phenoxy) is 1. The number of aromatic nitrogens is 2. The van der Waals surface area contributed by atoms with Crippen molar-refractivity contribution in [3.05, 3.63) is 53.6 Å². The minimum absolute atomic E-state index is 0.0816. The van der Waals surface area contributed by atoms with E-state index < -0.39 is 0 Å². The second kappa shape index (κ2) is 5.41. The molecular weight excluding hydrogens is 216 g/mol. The van der Waals surface area contributed by atoms with Crippen LogP contribution in [0.5, 0.6) is 5.75 Å². The summed E-state index contributed by atoms with van der Waals surface area (Å²) in [6, 6.07) is 11.3. The Morgan fingerprint density at radius 2 is 1.94 bits per heavy atom. The quantitative estimate of drug-likeness (QED) is 0.871. The smallest absolute Gasteiger partial charge is 0.166 e. The van der Waals surface area contributed by atoms with E-state index in [1.165, 1.54) is 0 Å². The van der Waals surface area contributed by atoms with Crippen LogP contribution in [0.1, 0.15) is 17.2 Å². The molecular formula is C13H14N2O2. The first-order valence-corrected chi connectivity index (χ1v) is 5.40. The lowest BCUT2D eigenvalue weighted by molar-refractivity contribution is 0.270. The van der Waals surface area contributed by atoms with Crippen LogP contribution >= 0.6 is 0 Å². The number of aryl methyl sites for hydroxylation is 1. The van der Waals surface area contributed by atoms with Gasteiger partial charge in [-0.3, -0.25) is 0 Å². The van der Waals surface area contributed by atoms with Gasteiger partial charge < -0.3 is 9.84 Å². The van der Waals surface area contributed by atoms with Crippen LogP contribution in [0.25, 0.3) is 0 Å². The molecule has 4 nitrogen and oxygen atoms in total. The zero-order valence-corrected chi connectivity index (χ0v) is 9.63. The average molecular weight is 230 g/mol. The standard InChI is InChI=1S/C13H14N2O2/c1-10-7-11(8-16)15-13(14-10)9-17-12-5-3-2-4-6-12/h2-7,16H,8-9H2,1H3. The van der Waals surface area contributed by atoms with Gasteiger partial charge in [0.1, 0.15) is 12.4 Å². The summed E-state index contributed by atoms with van der Waals surface area (Å²) >= 11 is 0. The molecule has 0 atom stereocenters. The zero-order valence-electron chi connectivity index (χ0n) is 9.63. The van der Waals surface area contributed by atoms with E-state index in [1.54, 1.807) is 6.07 Å². The molecule has 0 radical (unpaired) electrons. The van der Waals surface area contributed by atoms with Crippen LogP contribution in [0.3, 0.4) is 0 Å². The number of aliphatic hydroxyl groups is 1. The van der Waals surface area contributed by atoms with Gasteiger partial charge in [-0.15, -0.1) is 0 Å².